The van der Waals surface area contributed by atoms with Gasteiger partial charge in [0, 0.05) is 13.6 Å². The van der Waals surface area contributed by atoms with Crippen LogP contribution in [-0.2, 0) is 15.0 Å². The minimum atomic E-state index is -1.23. The number of hydrogen-bond donors (Lipinski definition) is 2. The van der Waals surface area contributed by atoms with Crippen LogP contribution in [0.15, 0.2) is 24.5 Å². The maximum absolute atomic E-state index is 14.2. The largest absolute Gasteiger partial charge is 0.480 e. The van der Waals surface area contributed by atoms with E-state index in [1.54, 1.807) is 6.26 Å². The number of nitrogens with one attached hydrogen (secondary N) is 1. The highest BCUT2D eigenvalue weighted by Gasteiger charge is 2.83. The molecule has 2 bridgehead atoms. The number of carbonyl (C=O) groups excluding carboxylic acids is 2. The highest BCUT2D eigenvalue weighted by molar-refractivity contribution is 6.10. The average Bonchev–Trinajstić information content (AvgIpc) is 3.12. The van der Waals surface area contributed by atoms with E-state index in [1.807, 2.05) is 44.0 Å². The molecule has 2 amide bonds. The second kappa shape index (κ2) is 6.45. The van der Waals surface area contributed by atoms with E-state index >= 15 is 0 Å². The molecule has 5 atom stereocenters. The van der Waals surface area contributed by atoms with E-state index in [1.165, 1.54) is 0 Å². The van der Waals surface area contributed by atoms with Gasteiger partial charge in [-0.3, -0.25) is 14.5 Å². The predicted molar refractivity (Wildman–Crippen MR) is 133 cm³/mol. The summed E-state index contributed by atoms with van der Waals surface area (Å²) in [7, 11) is 1.84. The summed E-state index contributed by atoms with van der Waals surface area (Å²) in [6.07, 6.45) is 5.96. The summed E-state index contributed by atoms with van der Waals surface area (Å²) in [6, 6.07) is 3.76. The number of likely N-dealkylation sites (N-methyl/N-ethyl adjacent to an activating group) is 1. The van der Waals surface area contributed by atoms with Gasteiger partial charge in [0.15, 0.2) is 11.5 Å². The van der Waals surface area contributed by atoms with E-state index < -0.39 is 33.6 Å². The number of piperidine rings is 3. The van der Waals surface area contributed by atoms with E-state index in [4.69, 9.17) is 9.47 Å². The predicted octanol–water partition coefficient (Wildman–Crippen LogP) is 2.80. The topological polar surface area (TPSA) is 91.3 Å². The van der Waals surface area contributed by atoms with Crippen molar-refractivity contribution >= 4 is 17.5 Å². The second-order valence-corrected chi connectivity index (χ2v) is 12.9. The molecule has 0 unspecified atom stereocenters. The second-order valence-electron chi connectivity index (χ2n) is 12.9. The minimum Gasteiger partial charge on any atom is -0.480 e. The highest BCUT2D eigenvalue weighted by Crippen LogP contribution is 2.72. The molecule has 36 heavy (non-hydrogen) atoms. The van der Waals surface area contributed by atoms with Crippen molar-refractivity contribution in [2.75, 3.05) is 25.5 Å². The van der Waals surface area contributed by atoms with Gasteiger partial charge in [0.25, 0.3) is 0 Å². The van der Waals surface area contributed by atoms with Crippen molar-refractivity contribution in [1.29, 1.82) is 0 Å². The molecule has 2 N–H and O–H groups in total. The lowest BCUT2D eigenvalue weighted by Gasteiger charge is -2.67. The van der Waals surface area contributed by atoms with Gasteiger partial charge >= 0.3 is 0 Å². The van der Waals surface area contributed by atoms with Crippen molar-refractivity contribution in [3.8, 4) is 11.5 Å². The van der Waals surface area contributed by atoms with Crippen molar-refractivity contribution in [2.45, 2.75) is 81.6 Å². The third kappa shape index (κ3) is 2.18. The molecule has 8 nitrogen and oxygen atoms in total. The summed E-state index contributed by atoms with van der Waals surface area (Å²) in [5, 5.41) is 15.6. The van der Waals surface area contributed by atoms with Crippen molar-refractivity contribution < 1.29 is 24.2 Å². The van der Waals surface area contributed by atoms with E-state index in [0.717, 1.165) is 31.4 Å². The molecular weight excluding hydrogens is 458 g/mol. The standard InChI is InChI=1S/C28H35N3O5/c1-24(2)11-13-35-20-17(36-24)9-8-16-19(20)29-22(33)28(16)21(32)27-15-31-12-7-6-10-26(31,23(34)30(27)5)14-18(27)25(28,3)4/h8-9,11,13,18,21,32H,6-7,10,12,14-15H2,1-5H3,(H,29,33)/t18-,21+,26-,27+,28-/m0/s1. The zero-order valence-corrected chi connectivity index (χ0v) is 21.7. The Morgan fingerprint density at radius 1 is 1.14 bits per heavy atom. The van der Waals surface area contributed by atoms with Crippen LogP contribution in [0, 0.1) is 11.3 Å². The number of ether oxygens (including phenoxy) is 2. The Morgan fingerprint density at radius 2 is 1.92 bits per heavy atom. The van der Waals surface area contributed by atoms with E-state index in [0.29, 0.717) is 30.2 Å². The molecule has 0 radical (unpaired) electrons. The fourth-order valence-corrected chi connectivity index (χ4v) is 9.04. The molecule has 8 rings (SSSR count). The van der Waals surface area contributed by atoms with Gasteiger partial charge in [-0.1, -0.05) is 19.9 Å². The lowest BCUT2D eigenvalue weighted by atomic mass is 9.56. The number of piperazine rings is 1. The number of hydrogen-bond acceptors (Lipinski definition) is 6. The van der Waals surface area contributed by atoms with Gasteiger partial charge in [-0.15, -0.1) is 0 Å². The summed E-state index contributed by atoms with van der Waals surface area (Å²) >= 11 is 0. The van der Waals surface area contributed by atoms with Crippen LogP contribution >= 0.6 is 0 Å². The molecule has 5 fully saturated rings. The van der Waals surface area contributed by atoms with Crippen LogP contribution in [0.4, 0.5) is 5.69 Å². The fraction of sp³-hybridized carbons (Fsp3) is 0.643. The first-order valence-electron chi connectivity index (χ1n) is 13.2. The summed E-state index contributed by atoms with van der Waals surface area (Å²) in [4.78, 5) is 32.2. The molecule has 1 aromatic carbocycles. The van der Waals surface area contributed by atoms with Crippen LogP contribution in [0.25, 0.3) is 0 Å². The van der Waals surface area contributed by atoms with Gasteiger partial charge in [-0.05, 0) is 75.1 Å². The Balaban J connectivity index is 1.44. The first-order chi connectivity index (χ1) is 16.9. The van der Waals surface area contributed by atoms with Crippen LogP contribution in [0.2, 0.25) is 0 Å². The molecule has 1 saturated carbocycles. The number of aliphatic hydroxyl groups is 1. The van der Waals surface area contributed by atoms with Crippen LogP contribution in [0.1, 0.15) is 58.9 Å². The number of amides is 2. The maximum atomic E-state index is 14.2. The Labute approximate surface area is 211 Å². The van der Waals surface area contributed by atoms with E-state index in [-0.39, 0.29) is 17.7 Å². The Hall–Kier alpha value is -2.58. The van der Waals surface area contributed by atoms with E-state index in [2.05, 4.69) is 24.1 Å². The smallest absolute Gasteiger partial charge is 0.243 e. The van der Waals surface area contributed by atoms with Crippen LogP contribution < -0.4 is 14.8 Å². The number of carbonyl (C=O) groups is 2. The molecule has 3 spiro atoms. The molecular formula is C28H35N3O5. The average molecular weight is 494 g/mol. The molecule has 7 aliphatic rings. The fourth-order valence-electron chi connectivity index (χ4n) is 9.04. The number of fused-ring (bicyclic) bond motifs is 5. The lowest BCUT2D eigenvalue weighted by Crippen LogP contribution is -2.83. The lowest BCUT2D eigenvalue weighted by molar-refractivity contribution is -0.207. The Bertz CT molecular complexity index is 1260. The maximum Gasteiger partial charge on any atom is 0.243 e. The van der Waals surface area contributed by atoms with Gasteiger partial charge in [0.2, 0.25) is 11.8 Å². The molecule has 1 aliphatic carbocycles. The third-order valence-corrected chi connectivity index (χ3v) is 10.7. The number of benzene rings is 1. The van der Waals surface area contributed by atoms with Gasteiger partial charge in [-0.25, -0.2) is 0 Å². The molecule has 4 saturated heterocycles. The Kier molecular flexibility index (Phi) is 4.05. The third-order valence-electron chi connectivity index (χ3n) is 10.7. The first kappa shape index (κ1) is 22.6. The molecule has 1 aromatic rings. The van der Waals surface area contributed by atoms with Gasteiger partial charge in [0.1, 0.15) is 16.6 Å². The summed E-state index contributed by atoms with van der Waals surface area (Å²) < 4.78 is 12.2. The molecule has 8 heteroatoms. The zero-order valence-electron chi connectivity index (χ0n) is 21.7. The summed E-state index contributed by atoms with van der Waals surface area (Å²) in [5.41, 5.74) is -2.50. The van der Waals surface area contributed by atoms with Gasteiger partial charge < -0.3 is 24.8 Å². The van der Waals surface area contributed by atoms with Crippen LogP contribution in [0.5, 0.6) is 11.5 Å². The van der Waals surface area contributed by atoms with Crippen molar-refractivity contribution in [3.05, 3.63) is 30.0 Å². The number of anilines is 1. The molecule has 6 heterocycles. The SMILES string of the molecule is CN1C(=O)[C@@]23CCCCN2C[C@@]12[C@@H](O)[C@@]1(C(=O)Nc4c1ccc1c4OC=CC(C)(C)O1)C(C)(C)[C@@H]2C3. The molecule has 192 valence electrons. The van der Waals surface area contributed by atoms with E-state index in [9.17, 15) is 14.7 Å². The molecule has 0 aromatic heterocycles. The van der Waals surface area contributed by atoms with Crippen LogP contribution in [-0.4, -0.2) is 69.6 Å². The number of rotatable bonds is 0. The Morgan fingerprint density at radius 3 is 2.69 bits per heavy atom. The monoisotopic (exact) mass is 493 g/mol. The van der Waals surface area contributed by atoms with Gasteiger partial charge in [0.05, 0.1) is 23.6 Å². The highest BCUT2D eigenvalue weighted by atomic mass is 16.5. The quantitative estimate of drug-likeness (QED) is 0.578. The van der Waals surface area contributed by atoms with Gasteiger partial charge in [-0.2, -0.15) is 0 Å². The number of aliphatic hydroxyl groups excluding tert-OH is 1. The summed E-state index contributed by atoms with van der Waals surface area (Å²) in [6.45, 7) is 9.56. The molecule has 6 aliphatic heterocycles. The number of nitrogens with zero attached hydrogens (tertiary/aromatic N) is 2. The van der Waals surface area contributed by atoms with Crippen molar-refractivity contribution in [2.24, 2.45) is 11.3 Å². The summed E-state index contributed by atoms with van der Waals surface area (Å²) in [5.74, 6) is 0.832. The van der Waals surface area contributed by atoms with Crippen molar-refractivity contribution in [1.82, 2.24) is 9.80 Å². The van der Waals surface area contributed by atoms with Crippen LogP contribution in [0.3, 0.4) is 0 Å². The normalized spacial score (nSPS) is 41.1. The first-order valence-corrected chi connectivity index (χ1v) is 13.2. The zero-order chi connectivity index (χ0) is 25.5. The van der Waals surface area contributed by atoms with Crippen molar-refractivity contribution in [3.63, 3.8) is 0 Å². The minimum absolute atomic E-state index is 0.0384.